The molecule has 1 heterocycles. The van der Waals surface area contributed by atoms with E-state index in [-0.39, 0.29) is 5.91 Å². The van der Waals surface area contributed by atoms with Crippen molar-refractivity contribution in [2.45, 2.75) is 31.6 Å². The molecule has 2 rings (SSSR count). The van der Waals surface area contributed by atoms with Crippen molar-refractivity contribution in [1.29, 1.82) is 0 Å². The molecule has 0 bridgehead atoms. The molecule has 4 nitrogen and oxygen atoms in total. The molecule has 1 N–H and O–H groups in total. The fourth-order valence-electron chi connectivity index (χ4n) is 1.56. The number of aryl methyl sites for hydroxylation is 2. The van der Waals surface area contributed by atoms with Gasteiger partial charge >= 0.3 is 0 Å². The molecule has 0 aliphatic rings. The molecular weight excluding hydrogens is 290 g/mol. The van der Waals surface area contributed by atoms with E-state index >= 15 is 0 Å². The van der Waals surface area contributed by atoms with Crippen LogP contribution in [0.3, 0.4) is 0 Å². The first kappa shape index (κ1) is 15.0. The summed E-state index contributed by atoms with van der Waals surface area (Å²) in [6, 6.07) is 8.14. The largest absolute Gasteiger partial charge is 0.300 e. The van der Waals surface area contributed by atoms with Gasteiger partial charge in [-0.15, -0.1) is 22.0 Å². The Balaban J connectivity index is 1.81. The molecule has 0 unspecified atom stereocenters. The van der Waals surface area contributed by atoms with Gasteiger partial charge in [0.1, 0.15) is 5.01 Å². The van der Waals surface area contributed by atoms with Crippen LogP contribution in [0.15, 0.2) is 29.2 Å². The van der Waals surface area contributed by atoms with Gasteiger partial charge in [-0.25, -0.2) is 0 Å². The van der Waals surface area contributed by atoms with Crippen molar-refractivity contribution >= 4 is 34.1 Å². The van der Waals surface area contributed by atoms with Gasteiger partial charge in [0.25, 0.3) is 0 Å². The highest BCUT2D eigenvalue weighted by Crippen LogP contribution is 2.20. The molecule has 0 atom stereocenters. The SMILES string of the molecule is CCCc1nnc(NC(=O)CSc2ccc(C)cc2)s1. The fourth-order valence-corrected chi connectivity index (χ4v) is 3.11. The smallest absolute Gasteiger partial charge is 0.236 e. The van der Waals surface area contributed by atoms with Crippen LogP contribution in [0.2, 0.25) is 0 Å². The van der Waals surface area contributed by atoms with Gasteiger partial charge in [-0.2, -0.15) is 0 Å². The minimum absolute atomic E-state index is 0.0465. The molecule has 0 spiro atoms. The quantitative estimate of drug-likeness (QED) is 0.830. The lowest BCUT2D eigenvalue weighted by atomic mass is 10.2. The summed E-state index contributed by atoms with van der Waals surface area (Å²) in [4.78, 5) is 12.9. The van der Waals surface area contributed by atoms with E-state index in [1.165, 1.54) is 28.7 Å². The Morgan fingerprint density at radius 1 is 1.30 bits per heavy atom. The zero-order valence-corrected chi connectivity index (χ0v) is 13.2. The molecule has 2 aromatic rings. The summed E-state index contributed by atoms with van der Waals surface area (Å²) < 4.78 is 0. The van der Waals surface area contributed by atoms with Gasteiger partial charge in [0.15, 0.2) is 0 Å². The number of nitrogens with zero attached hydrogens (tertiary/aromatic N) is 2. The molecular formula is C14H17N3OS2. The second-order valence-corrected chi connectivity index (χ2v) is 6.51. The number of aromatic nitrogens is 2. The molecule has 0 fully saturated rings. The third kappa shape index (κ3) is 4.61. The summed E-state index contributed by atoms with van der Waals surface area (Å²) in [6.07, 6.45) is 1.94. The number of carbonyl (C=O) groups is 1. The van der Waals surface area contributed by atoms with Crippen molar-refractivity contribution in [2.24, 2.45) is 0 Å². The van der Waals surface area contributed by atoms with Crippen molar-refractivity contribution < 1.29 is 4.79 Å². The van der Waals surface area contributed by atoms with Gasteiger partial charge in [-0.3, -0.25) is 10.1 Å². The number of carbonyl (C=O) groups excluding carboxylic acids is 1. The summed E-state index contributed by atoms with van der Waals surface area (Å²) in [6.45, 7) is 4.14. The fraction of sp³-hybridized carbons (Fsp3) is 0.357. The molecule has 0 aliphatic carbocycles. The van der Waals surface area contributed by atoms with E-state index in [0.717, 1.165) is 22.7 Å². The van der Waals surface area contributed by atoms with E-state index < -0.39 is 0 Å². The highest BCUT2D eigenvalue weighted by molar-refractivity contribution is 8.00. The topological polar surface area (TPSA) is 54.9 Å². The number of amides is 1. The predicted molar refractivity (Wildman–Crippen MR) is 84.4 cm³/mol. The van der Waals surface area contributed by atoms with Crippen molar-refractivity contribution in [1.82, 2.24) is 10.2 Å². The average Bonchev–Trinajstić information content (AvgIpc) is 2.86. The van der Waals surface area contributed by atoms with Crippen LogP contribution in [0.5, 0.6) is 0 Å². The molecule has 1 aromatic carbocycles. The van der Waals surface area contributed by atoms with Gasteiger partial charge in [-0.1, -0.05) is 36.0 Å². The van der Waals surface area contributed by atoms with Crippen molar-refractivity contribution in [3.8, 4) is 0 Å². The second kappa shape index (κ2) is 7.40. The van der Waals surface area contributed by atoms with Gasteiger partial charge in [0, 0.05) is 11.3 Å². The summed E-state index contributed by atoms with van der Waals surface area (Å²) in [5, 5.41) is 12.3. The van der Waals surface area contributed by atoms with E-state index in [9.17, 15) is 4.79 Å². The minimum atomic E-state index is -0.0465. The van der Waals surface area contributed by atoms with Gasteiger partial charge in [-0.05, 0) is 25.5 Å². The van der Waals surface area contributed by atoms with Gasteiger partial charge in [0.05, 0.1) is 5.75 Å². The number of nitrogens with one attached hydrogen (secondary N) is 1. The Bertz CT molecular complexity index is 566. The lowest BCUT2D eigenvalue weighted by Gasteiger charge is -2.02. The molecule has 1 aromatic heterocycles. The summed E-state index contributed by atoms with van der Waals surface area (Å²) in [5.74, 6) is 0.334. The monoisotopic (exact) mass is 307 g/mol. The van der Waals surface area contributed by atoms with Crippen LogP contribution in [-0.4, -0.2) is 21.9 Å². The first-order valence-corrected chi connectivity index (χ1v) is 8.29. The lowest BCUT2D eigenvalue weighted by molar-refractivity contribution is -0.113. The Labute approximate surface area is 127 Å². The van der Waals surface area contributed by atoms with Crippen LogP contribution < -0.4 is 5.32 Å². The van der Waals surface area contributed by atoms with Crippen LogP contribution in [0, 0.1) is 6.92 Å². The minimum Gasteiger partial charge on any atom is -0.300 e. The first-order valence-electron chi connectivity index (χ1n) is 6.49. The normalized spacial score (nSPS) is 10.5. The molecule has 1 amide bonds. The molecule has 0 saturated carbocycles. The van der Waals surface area contributed by atoms with Crippen LogP contribution in [0.4, 0.5) is 5.13 Å². The Kier molecular flexibility index (Phi) is 5.55. The Hall–Kier alpha value is -1.40. The lowest BCUT2D eigenvalue weighted by Crippen LogP contribution is -2.13. The van der Waals surface area contributed by atoms with Crippen LogP contribution in [0.25, 0.3) is 0 Å². The van der Waals surface area contributed by atoms with Crippen molar-refractivity contribution in [3.05, 3.63) is 34.8 Å². The average molecular weight is 307 g/mol. The maximum absolute atomic E-state index is 11.8. The maximum Gasteiger partial charge on any atom is 0.236 e. The predicted octanol–water partition coefficient (Wildman–Crippen LogP) is 3.53. The first-order chi connectivity index (χ1) is 9.67. The molecule has 106 valence electrons. The van der Waals surface area contributed by atoms with Crippen LogP contribution in [-0.2, 0) is 11.2 Å². The molecule has 0 saturated heterocycles. The Morgan fingerprint density at radius 3 is 2.75 bits per heavy atom. The number of benzene rings is 1. The standard InChI is InChI=1S/C14H17N3OS2/c1-3-4-13-16-17-14(20-13)15-12(18)9-19-11-7-5-10(2)6-8-11/h5-8H,3-4,9H2,1-2H3,(H,15,17,18). The zero-order chi connectivity index (χ0) is 14.4. The van der Waals surface area contributed by atoms with E-state index in [4.69, 9.17) is 0 Å². The van der Waals surface area contributed by atoms with Crippen LogP contribution in [0.1, 0.15) is 23.9 Å². The number of hydrogen-bond donors (Lipinski definition) is 1. The maximum atomic E-state index is 11.8. The summed E-state index contributed by atoms with van der Waals surface area (Å²) in [7, 11) is 0. The highest BCUT2D eigenvalue weighted by atomic mass is 32.2. The van der Waals surface area contributed by atoms with E-state index in [1.54, 1.807) is 0 Å². The highest BCUT2D eigenvalue weighted by Gasteiger charge is 2.08. The molecule has 6 heteroatoms. The Morgan fingerprint density at radius 2 is 2.05 bits per heavy atom. The van der Waals surface area contributed by atoms with E-state index in [1.807, 2.05) is 31.2 Å². The van der Waals surface area contributed by atoms with E-state index in [2.05, 4.69) is 22.4 Å². The van der Waals surface area contributed by atoms with Crippen molar-refractivity contribution in [3.63, 3.8) is 0 Å². The number of anilines is 1. The summed E-state index contributed by atoms with van der Waals surface area (Å²) >= 11 is 2.96. The molecule has 0 aliphatic heterocycles. The van der Waals surface area contributed by atoms with Crippen LogP contribution >= 0.6 is 23.1 Å². The zero-order valence-electron chi connectivity index (χ0n) is 11.5. The third-order valence-electron chi connectivity index (χ3n) is 2.57. The second-order valence-electron chi connectivity index (χ2n) is 4.40. The third-order valence-corrected chi connectivity index (χ3v) is 4.48. The van der Waals surface area contributed by atoms with Crippen molar-refractivity contribution in [2.75, 3.05) is 11.1 Å². The van der Waals surface area contributed by atoms with Gasteiger partial charge < -0.3 is 0 Å². The number of thioether (sulfide) groups is 1. The molecule has 20 heavy (non-hydrogen) atoms. The number of rotatable bonds is 6. The van der Waals surface area contributed by atoms with E-state index in [0.29, 0.717) is 10.9 Å². The van der Waals surface area contributed by atoms with Gasteiger partial charge in [0.2, 0.25) is 11.0 Å². The summed E-state index contributed by atoms with van der Waals surface area (Å²) in [5.41, 5.74) is 1.22. The number of hydrogen-bond acceptors (Lipinski definition) is 5. The molecule has 0 radical (unpaired) electrons.